The Kier molecular flexibility index (Phi) is 12.2. The molecule has 0 aromatic heterocycles. The molecule has 2 N–H and O–H groups in total. The number of aliphatic hydroxyl groups is 2. The minimum absolute atomic E-state index is 0.202. The van der Waals surface area contributed by atoms with E-state index in [-0.39, 0.29) is 15.0 Å². The quantitative estimate of drug-likeness (QED) is 0.316. The summed E-state index contributed by atoms with van der Waals surface area (Å²) in [4.78, 5) is 0. The second-order valence-electron chi connectivity index (χ2n) is 3.50. The van der Waals surface area contributed by atoms with Gasteiger partial charge < -0.3 is 0 Å². The van der Waals surface area contributed by atoms with E-state index in [9.17, 15) is 10.2 Å². The zero-order valence-corrected chi connectivity index (χ0v) is 11.8. The fraction of sp³-hybridized carbons (Fsp3) is 0.667. The normalized spacial score (nSPS) is 14.2. The third-order valence-electron chi connectivity index (χ3n) is 1.71. The summed E-state index contributed by atoms with van der Waals surface area (Å²) in [6, 6.07) is 0. The van der Waals surface area contributed by atoms with Crippen molar-refractivity contribution in [3.8, 4) is 0 Å². The number of aliphatic hydroxyl groups excluding tert-OH is 2. The molecule has 4 nitrogen and oxygen atoms in total. The summed E-state index contributed by atoms with van der Waals surface area (Å²) >= 11 is 0.202. The molecule has 0 heterocycles. The van der Waals surface area contributed by atoms with Crippen molar-refractivity contribution in [1.82, 2.24) is 0 Å². The summed E-state index contributed by atoms with van der Waals surface area (Å²) in [6.45, 7) is 8.62. The summed E-state index contributed by atoms with van der Waals surface area (Å²) in [5, 5.41) is 20.4. The average molecular weight is 309 g/mol. The summed E-state index contributed by atoms with van der Waals surface area (Å²) in [7, 11) is 0. The van der Waals surface area contributed by atoms with Crippen molar-refractivity contribution in [2.75, 3.05) is 26.4 Å². The van der Waals surface area contributed by atoms with E-state index in [1.165, 1.54) is 0 Å². The van der Waals surface area contributed by atoms with Gasteiger partial charge in [0, 0.05) is 0 Å². The Hall–Kier alpha value is -0.161. The first-order chi connectivity index (χ1) is 8.20. The Morgan fingerprint density at radius 3 is 1.71 bits per heavy atom. The molecule has 100 valence electrons. The first kappa shape index (κ1) is 16.8. The van der Waals surface area contributed by atoms with Gasteiger partial charge in [0.25, 0.3) is 0 Å². The first-order valence-electron chi connectivity index (χ1n) is 5.51. The van der Waals surface area contributed by atoms with Crippen LogP contribution in [0.1, 0.15) is 0 Å². The Labute approximate surface area is 109 Å². The van der Waals surface area contributed by atoms with Gasteiger partial charge in [0.1, 0.15) is 0 Å². The van der Waals surface area contributed by atoms with Crippen molar-refractivity contribution in [3.63, 3.8) is 0 Å². The van der Waals surface area contributed by atoms with Gasteiger partial charge in [-0.15, -0.1) is 0 Å². The Morgan fingerprint density at radius 2 is 1.35 bits per heavy atom. The first-order valence-corrected chi connectivity index (χ1v) is 7.94. The predicted molar refractivity (Wildman–Crippen MR) is 69.4 cm³/mol. The zero-order valence-electron chi connectivity index (χ0n) is 10.1. The minimum atomic E-state index is -0.448. The van der Waals surface area contributed by atoms with Gasteiger partial charge >= 0.3 is 109 Å². The Bertz CT molecular complexity index is 179. The molecule has 0 fully saturated rings. The number of hydrogen-bond donors (Lipinski definition) is 2. The number of ether oxygens (including phenoxy) is 2. The molecule has 0 aliphatic rings. The van der Waals surface area contributed by atoms with Gasteiger partial charge in [-0.2, -0.15) is 0 Å². The van der Waals surface area contributed by atoms with Gasteiger partial charge in [-0.3, -0.25) is 0 Å². The SMILES string of the molecule is C=CCOCC(O)C[Se]CC(O)COCC=C. The van der Waals surface area contributed by atoms with E-state index in [0.29, 0.717) is 37.1 Å². The number of rotatable bonds is 12. The fourth-order valence-electron chi connectivity index (χ4n) is 1.01. The maximum absolute atomic E-state index is 9.53. The molecule has 0 bridgehead atoms. The van der Waals surface area contributed by atoms with Crippen molar-refractivity contribution >= 4 is 15.0 Å². The molecule has 0 saturated heterocycles. The van der Waals surface area contributed by atoms with Gasteiger partial charge in [0.15, 0.2) is 0 Å². The standard InChI is InChI=1S/C12H22O4Se/c1-3-5-15-7-11(13)9-17-10-12(14)8-16-6-4-2/h3-4,11-14H,1-2,5-10H2. The molecule has 0 aromatic rings. The average Bonchev–Trinajstić information content (AvgIpc) is 2.30. The topological polar surface area (TPSA) is 58.9 Å². The van der Waals surface area contributed by atoms with Crippen molar-refractivity contribution in [3.05, 3.63) is 25.3 Å². The molecule has 17 heavy (non-hydrogen) atoms. The third-order valence-corrected chi connectivity index (χ3v) is 4.32. The van der Waals surface area contributed by atoms with Crippen LogP contribution in [0.2, 0.25) is 10.6 Å². The molecule has 5 heteroatoms. The molecule has 0 spiro atoms. The van der Waals surface area contributed by atoms with Crippen molar-refractivity contribution in [2.45, 2.75) is 22.8 Å². The summed E-state index contributed by atoms with van der Waals surface area (Å²) in [5.74, 6) is 0. The fourth-order valence-corrected chi connectivity index (χ4v) is 2.84. The Morgan fingerprint density at radius 1 is 0.941 bits per heavy atom. The summed E-state index contributed by atoms with van der Waals surface area (Å²) in [6.07, 6.45) is 2.41. The van der Waals surface area contributed by atoms with Crippen LogP contribution in [0.25, 0.3) is 0 Å². The third kappa shape index (κ3) is 12.1. The van der Waals surface area contributed by atoms with E-state index in [1.807, 2.05) is 0 Å². The van der Waals surface area contributed by atoms with Gasteiger partial charge in [-0.25, -0.2) is 0 Å². The molecular weight excluding hydrogens is 287 g/mol. The number of hydrogen-bond acceptors (Lipinski definition) is 4. The molecular formula is C12H22O4Se. The van der Waals surface area contributed by atoms with E-state index in [2.05, 4.69) is 13.2 Å². The van der Waals surface area contributed by atoms with Gasteiger partial charge in [0.2, 0.25) is 0 Å². The van der Waals surface area contributed by atoms with E-state index in [1.54, 1.807) is 12.2 Å². The van der Waals surface area contributed by atoms with Crippen LogP contribution < -0.4 is 0 Å². The molecule has 0 aromatic carbocycles. The van der Waals surface area contributed by atoms with Gasteiger partial charge in [-0.05, 0) is 0 Å². The van der Waals surface area contributed by atoms with Crippen LogP contribution >= 0.6 is 0 Å². The van der Waals surface area contributed by atoms with Crippen molar-refractivity contribution in [1.29, 1.82) is 0 Å². The van der Waals surface area contributed by atoms with Gasteiger partial charge in [0.05, 0.1) is 0 Å². The van der Waals surface area contributed by atoms with Crippen LogP contribution in [0.3, 0.4) is 0 Å². The second-order valence-corrected chi connectivity index (χ2v) is 5.75. The van der Waals surface area contributed by atoms with E-state index in [4.69, 9.17) is 9.47 Å². The van der Waals surface area contributed by atoms with E-state index >= 15 is 0 Å². The monoisotopic (exact) mass is 310 g/mol. The van der Waals surface area contributed by atoms with Crippen LogP contribution in [-0.2, 0) is 9.47 Å². The summed E-state index contributed by atoms with van der Waals surface area (Å²) in [5.41, 5.74) is 0. The maximum atomic E-state index is 9.53. The molecule has 0 aliphatic heterocycles. The van der Waals surface area contributed by atoms with Crippen LogP contribution in [0.5, 0.6) is 0 Å². The molecule has 0 radical (unpaired) electrons. The molecule has 2 atom stereocenters. The molecule has 0 saturated carbocycles. The Balaban J connectivity index is 3.35. The second kappa shape index (κ2) is 12.3. The molecule has 2 unspecified atom stereocenters. The predicted octanol–water partition coefficient (Wildman–Crippen LogP) is 0.654. The molecule has 0 rings (SSSR count). The van der Waals surface area contributed by atoms with Crippen LogP contribution in [0.4, 0.5) is 0 Å². The van der Waals surface area contributed by atoms with Crippen LogP contribution in [-0.4, -0.2) is 63.8 Å². The van der Waals surface area contributed by atoms with Crippen molar-refractivity contribution < 1.29 is 19.7 Å². The van der Waals surface area contributed by atoms with E-state index in [0.717, 1.165) is 0 Å². The molecule has 0 aliphatic carbocycles. The zero-order chi connectivity index (χ0) is 12.9. The van der Waals surface area contributed by atoms with Gasteiger partial charge in [-0.1, -0.05) is 0 Å². The van der Waals surface area contributed by atoms with E-state index < -0.39 is 12.2 Å². The van der Waals surface area contributed by atoms with Crippen molar-refractivity contribution in [2.24, 2.45) is 0 Å². The van der Waals surface area contributed by atoms with Crippen LogP contribution in [0.15, 0.2) is 25.3 Å². The summed E-state index contributed by atoms with van der Waals surface area (Å²) < 4.78 is 10.3. The molecule has 0 amide bonds. The van der Waals surface area contributed by atoms with Crippen LogP contribution in [0, 0.1) is 0 Å².